The first-order valence-corrected chi connectivity index (χ1v) is 12.0. The summed E-state index contributed by atoms with van der Waals surface area (Å²) >= 11 is 0. The Balaban J connectivity index is 1.74. The molecule has 0 spiro atoms. The van der Waals surface area contributed by atoms with Gasteiger partial charge >= 0.3 is 6.03 Å². The normalized spacial score (nSPS) is 13.4. The van der Waals surface area contributed by atoms with Gasteiger partial charge in [0.25, 0.3) is 0 Å². The van der Waals surface area contributed by atoms with E-state index in [9.17, 15) is 18.4 Å². The number of hydrogen-bond donors (Lipinski definition) is 4. The lowest BCUT2D eigenvalue weighted by Gasteiger charge is -2.36. The van der Waals surface area contributed by atoms with Gasteiger partial charge in [0.2, 0.25) is 17.8 Å². The maximum absolute atomic E-state index is 13.8. The molecule has 200 valence electrons. The molecule has 4 rings (SSSR count). The molecule has 0 atom stereocenters. The summed E-state index contributed by atoms with van der Waals surface area (Å²) in [6, 6.07) is 15.7. The number of hydrogen-bond acceptors (Lipinski definition) is 6. The average Bonchev–Trinajstić information content (AvgIpc) is 2.93. The Morgan fingerprint density at radius 1 is 1.18 bits per heavy atom. The number of urea groups is 1. The molecule has 2 heterocycles. The highest BCUT2D eigenvalue weighted by Crippen LogP contribution is 2.35. The van der Waals surface area contributed by atoms with Gasteiger partial charge in [-0.25, -0.2) is 19.1 Å². The van der Waals surface area contributed by atoms with Crippen molar-refractivity contribution in [1.29, 1.82) is 5.41 Å². The molecule has 3 aromatic rings. The van der Waals surface area contributed by atoms with Crippen LogP contribution in [0.25, 0.3) is 0 Å². The molecule has 12 heteroatoms. The molecule has 0 bridgehead atoms. The van der Waals surface area contributed by atoms with Crippen molar-refractivity contribution in [2.24, 2.45) is 0 Å². The number of nitrogens with one attached hydrogen (secondary N) is 3. The highest BCUT2D eigenvalue weighted by molar-refractivity contribution is 6.03. The second kappa shape index (κ2) is 12.5. The molecule has 0 radical (unpaired) electrons. The van der Waals surface area contributed by atoms with Gasteiger partial charge in [0, 0.05) is 30.1 Å². The number of rotatable bonds is 10. The molecule has 0 saturated carbocycles. The van der Waals surface area contributed by atoms with Crippen LogP contribution in [0.15, 0.2) is 84.8 Å². The molecule has 5 N–H and O–H groups in total. The van der Waals surface area contributed by atoms with Crippen LogP contribution in [-0.4, -0.2) is 46.5 Å². The van der Waals surface area contributed by atoms with E-state index in [0.29, 0.717) is 23.5 Å². The van der Waals surface area contributed by atoms with Crippen LogP contribution >= 0.6 is 0 Å². The number of nitrogens with zero attached hydrogens (tertiary/aromatic N) is 4. The van der Waals surface area contributed by atoms with Crippen LogP contribution in [-0.2, 0) is 17.9 Å². The van der Waals surface area contributed by atoms with Crippen LogP contribution in [0.2, 0.25) is 0 Å². The van der Waals surface area contributed by atoms with Crippen LogP contribution in [0.3, 0.4) is 0 Å². The van der Waals surface area contributed by atoms with E-state index in [-0.39, 0.29) is 30.0 Å². The van der Waals surface area contributed by atoms with Crippen LogP contribution in [0.4, 0.5) is 36.7 Å². The molecular weight excluding hydrogens is 506 g/mol. The summed E-state index contributed by atoms with van der Waals surface area (Å²) in [6.07, 6.45) is 5.10. The summed E-state index contributed by atoms with van der Waals surface area (Å²) < 4.78 is 26.1. The Hall–Kier alpha value is -4.97. The number of carbonyl (C=O) groups excluding carboxylic acids is 2. The molecule has 1 aliphatic rings. The van der Waals surface area contributed by atoms with Crippen molar-refractivity contribution in [2.75, 3.05) is 29.3 Å². The van der Waals surface area contributed by atoms with Gasteiger partial charge in [0.15, 0.2) is 11.5 Å². The van der Waals surface area contributed by atoms with Gasteiger partial charge in [-0.3, -0.25) is 10.2 Å². The molecule has 0 fully saturated rings. The van der Waals surface area contributed by atoms with Crippen LogP contribution in [0.1, 0.15) is 11.1 Å². The lowest BCUT2D eigenvalue weighted by Crippen LogP contribution is -2.73. The zero-order chi connectivity index (χ0) is 27.8. The summed E-state index contributed by atoms with van der Waals surface area (Å²) in [5.74, 6) is -1.44. The highest BCUT2D eigenvalue weighted by Gasteiger charge is 2.34. The zero-order valence-electron chi connectivity index (χ0n) is 21.1. The third kappa shape index (κ3) is 6.67. The molecule has 0 saturated heterocycles. The first-order chi connectivity index (χ1) is 18.9. The monoisotopic (exact) mass is 533 g/mol. The Morgan fingerprint density at radius 2 is 1.97 bits per heavy atom. The minimum Gasteiger partial charge on any atom is -0.322 e. The van der Waals surface area contributed by atoms with Crippen molar-refractivity contribution in [3.05, 3.63) is 96.0 Å². The third-order valence-electron chi connectivity index (χ3n) is 5.64. The fourth-order valence-corrected chi connectivity index (χ4v) is 3.94. The number of fused-ring (bicyclic) bond motifs is 1. The molecule has 0 unspecified atom stereocenters. The summed E-state index contributed by atoms with van der Waals surface area (Å²) in [6.45, 7) is -0.206. The van der Waals surface area contributed by atoms with Gasteiger partial charge in [-0.2, -0.15) is 9.37 Å². The van der Waals surface area contributed by atoms with E-state index >= 15 is 0 Å². The first kappa shape index (κ1) is 27.1. The Morgan fingerprint density at radius 3 is 2.69 bits per heavy atom. The maximum atomic E-state index is 13.8. The lowest BCUT2D eigenvalue weighted by molar-refractivity contribution is -0.556. The van der Waals surface area contributed by atoms with Gasteiger partial charge in [0.05, 0.1) is 19.3 Å². The molecular formula is C27H27F2N8O2+. The number of quaternary nitrogens is 1. The predicted octanol–water partition coefficient (Wildman–Crippen LogP) is 3.61. The van der Waals surface area contributed by atoms with Gasteiger partial charge in [-0.15, -0.1) is 0 Å². The van der Waals surface area contributed by atoms with Gasteiger partial charge in [-0.05, 0) is 29.8 Å². The number of alkyl halides is 1. The number of halogens is 2. The second-order valence-electron chi connectivity index (χ2n) is 8.45. The minimum absolute atomic E-state index is 0.000577. The van der Waals surface area contributed by atoms with E-state index in [4.69, 9.17) is 5.41 Å². The SMILES string of the molecule is C[NH2+]/C=C(/Nc1ncc2c(n1)N(c1cccc(NC(=O)/C=C/CF)c1)C(=O)N(Cc1ccccc1)C2)C(=N)F. The largest absolute Gasteiger partial charge is 0.330 e. The molecule has 10 nitrogen and oxygen atoms in total. The van der Waals surface area contributed by atoms with Crippen LogP contribution in [0.5, 0.6) is 0 Å². The molecule has 39 heavy (non-hydrogen) atoms. The summed E-state index contributed by atoms with van der Waals surface area (Å²) in [4.78, 5) is 37.7. The van der Waals surface area contributed by atoms with Crippen molar-refractivity contribution in [2.45, 2.75) is 13.1 Å². The van der Waals surface area contributed by atoms with Gasteiger partial charge in [-0.1, -0.05) is 36.4 Å². The highest BCUT2D eigenvalue weighted by atomic mass is 19.1. The van der Waals surface area contributed by atoms with E-state index in [1.54, 1.807) is 47.7 Å². The molecule has 1 aliphatic heterocycles. The number of amides is 3. The van der Waals surface area contributed by atoms with Crippen molar-refractivity contribution in [3.63, 3.8) is 0 Å². The predicted molar refractivity (Wildman–Crippen MR) is 144 cm³/mol. The topological polar surface area (TPSA) is 131 Å². The number of aromatic nitrogens is 2. The quantitative estimate of drug-likeness (QED) is 0.234. The summed E-state index contributed by atoms with van der Waals surface area (Å²) in [7, 11) is 1.68. The third-order valence-corrected chi connectivity index (χ3v) is 5.64. The Bertz CT molecular complexity index is 1430. The van der Waals surface area contributed by atoms with Crippen molar-refractivity contribution >= 4 is 41.0 Å². The van der Waals surface area contributed by atoms with Crippen molar-refractivity contribution in [1.82, 2.24) is 14.9 Å². The summed E-state index contributed by atoms with van der Waals surface area (Å²) in [5, 5.41) is 14.2. The molecule has 3 amide bonds. The molecule has 2 aromatic carbocycles. The van der Waals surface area contributed by atoms with Crippen LogP contribution < -0.4 is 20.9 Å². The standard InChI is InChI=1S/C27H26F2N8O2/c1-31-15-22(24(29)30)34-26-32-14-19-17-36(16-18-7-3-2-4-8-18)27(39)37(25(19)35-26)21-10-5-9-20(13-21)33-23(38)11-6-12-28/h2-11,13-15,30-31H,12,16-17H2,1H3,(H,33,38)(H,32,34,35)/p+1/b11-6+,22-15+,30-24?. The number of benzene rings is 2. The minimum atomic E-state index is -1.19. The van der Waals surface area contributed by atoms with E-state index < -0.39 is 18.5 Å². The second-order valence-corrected chi connectivity index (χ2v) is 8.45. The number of anilines is 4. The van der Waals surface area contributed by atoms with E-state index in [0.717, 1.165) is 17.7 Å². The number of allylic oxidation sites excluding steroid dienone is 2. The van der Waals surface area contributed by atoms with E-state index in [2.05, 4.69) is 20.6 Å². The Kier molecular flexibility index (Phi) is 8.69. The zero-order valence-corrected chi connectivity index (χ0v) is 21.1. The smallest absolute Gasteiger partial charge is 0.322 e. The number of carbonyl (C=O) groups is 2. The molecule has 1 aromatic heterocycles. The average molecular weight is 534 g/mol. The lowest BCUT2D eigenvalue weighted by atomic mass is 10.1. The van der Waals surface area contributed by atoms with Crippen LogP contribution in [0, 0.1) is 5.41 Å². The van der Waals surface area contributed by atoms with E-state index in [1.807, 2.05) is 30.3 Å². The van der Waals surface area contributed by atoms with Gasteiger partial charge < -0.3 is 20.9 Å². The fraction of sp³-hybridized carbons (Fsp3) is 0.148. The maximum Gasteiger partial charge on any atom is 0.330 e. The number of nitrogens with two attached hydrogens (primary N) is 1. The first-order valence-electron chi connectivity index (χ1n) is 12.0. The van der Waals surface area contributed by atoms with E-state index in [1.165, 1.54) is 11.1 Å². The van der Waals surface area contributed by atoms with Crippen molar-refractivity contribution < 1.29 is 23.7 Å². The summed E-state index contributed by atoms with van der Waals surface area (Å²) in [5.41, 5.74) is 2.23. The van der Waals surface area contributed by atoms with Crippen molar-refractivity contribution in [3.8, 4) is 0 Å². The Labute approximate surface area is 223 Å². The molecule has 0 aliphatic carbocycles. The fourth-order valence-electron chi connectivity index (χ4n) is 3.94. The van der Waals surface area contributed by atoms with Gasteiger partial charge in [0.1, 0.15) is 12.9 Å².